The minimum Gasteiger partial charge on any atom is -0.478 e. The first kappa shape index (κ1) is 14.0. The highest BCUT2D eigenvalue weighted by Crippen LogP contribution is 2.26. The molecule has 0 radical (unpaired) electrons. The number of carboxylic acids is 1. The molecule has 0 aliphatic rings. The summed E-state index contributed by atoms with van der Waals surface area (Å²) in [5.41, 5.74) is 0.396. The number of aromatic carboxylic acids is 1. The van der Waals surface area contributed by atoms with E-state index < -0.39 is 11.8 Å². The Morgan fingerprint density at radius 2 is 2.20 bits per heavy atom. The Hall–Kier alpha value is -2.39. The molecule has 2 rings (SSSR count). The van der Waals surface area contributed by atoms with E-state index in [1.807, 2.05) is 0 Å². The molecule has 0 aliphatic carbocycles. The topological polar surface area (TPSA) is 74.0 Å². The zero-order valence-corrected chi connectivity index (χ0v) is 11.0. The van der Waals surface area contributed by atoms with Crippen LogP contribution in [0.4, 0.5) is 4.39 Å². The van der Waals surface area contributed by atoms with E-state index >= 15 is 0 Å². The highest BCUT2D eigenvalue weighted by Gasteiger charge is 2.13. The number of carbonyl (C=O) groups is 1. The van der Waals surface area contributed by atoms with E-state index in [2.05, 4.69) is 4.98 Å². The zero-order valence-electron chi connectivity index (χ0n) is 10.2. The van der Waals surface area contributed by atoms with Gasteiger partial charge < -0.3 is 5.11 Å². The van der Waals surface area contributed by atoms with Crippen molar-refractivity contribution < 1.29 is 14.3 Å². The van der Waals surface area contributed by atoms with E-state index in [4.69, 9.17) is 10.4 Å². The molecular formula is C14H9FN2O2S. The fourth-order valence-corrected chi connectivity index (χ4v) is 2.55. The summed E-state index contributed by atoms with van der Waals surface area (Å²) < 4.78 is 13.9. The van der Waals surface area contributed by atoms with E-state index in [-0.39, 0.29) is 16.9 Å². The van der Waals surface area contributed by atoms with Gasteiger partial charge in [0.15, 0.2) is 0 Å². The number of carboxylic acid groups (broad SMARTS) is 1. The number of thioether (sulfide) groups is 1. The van der Waals surface area contributed by atoms with Gasteiger partial charge in [0.1, 0.15) is 16.9 Å². The lowest BCUT2D eigenvalue weighted by molar-refractivity contribution is 0.0692. The first-order valence-corrected chi connectivity index (χ1v) is 6.60. The Bertz CT molecular complexity index is 698. The van der Waals surface area contributed by atoms with Crippen LogP contribution < -0.4 is 0 Å². The maximum atomic E-state index is 13.9. The molecular weight excluding hydrogens is 279 g/mol. The molecule has 0 fully saturated rings. The largest absolute Gasteiger partial charge is 0.478 e. The summed E-state index contributed by atoms with van der Waals surface area (Å²) in [7, 11) is 0. The average molecular weight is 288 g/mol. The number of rotatable bonds is 4. The summed E-state index contributed by atoms with van der Waals surface area (Å²) in [6.07, 6.45) is 1.48. The van der Waals surface area contributed by atoms with Crippen molar-refractivity contribution in [2.24, 2.45) is 0 Å². The third kappa shape index (κ3) is 2.95. The molecule has 0 saturated heterocycles. The van der Waals surface area contributed by atoms with Crippen molar-refractivity contribution >= 4 is 17.7 Å². The summed E-state index contributed by atoms with van der Waals surface area (Å²) in [5, 5.41) is 18.1. The average Bonchev–Trinajstić information content (AvgIpc) is 2.46. The SMILES string of the molecule is N#Cc1cccc(CSc2ncccc2C(=O)O)c1F. The lowest BCUT2D eigenvalue weighted by Gasteiger charge is -2.06. The van der Waals surface area contributed by atoms with E-state index in [0.717, 1.165) is 11.8 Å². The van der Waals surface area contributed by atoms with Gasteiger partial charge in [0.05, 0.1) is 11.1 Å². The van der Waals surface area contributed by atoms with Gasteiger partial charge in [-0.2, -0.15) is 5.26 Å². The second-order valence-electron chi connectivity index (χ2n) is 3.84. The van der Waals surface area contributed by atoms with E-state index in [1.165, 1.54) is 24.4 Å². The van der Waals surface area contributed by atoms with Crippen LogP contribution >= 0.6 is 11.8 Å². The molecule has 0 unspecified atom stereocenters. The van der Waals surface area contributed by atoms with Crippen molar-refractivity contribution in [2.45, 2.75) is 10.8 Å². The van der Waals surface area contributed by atoms with Crippen LogP contribution in [0.3, 0.4) is 0 Å². The number of hydrogen-bond acceptors (Lipinski definition) is 4. The highest BCUT2D eigenvalue weighted by molar-refractivity contribution is 7.98. The van der Waals surface area contributed by atoms with Gasteiger partial charge in [-0.3, -0.25) is 0 Å². The lowest BCUT2D eigenvalue weighted by Crippen LogP contribution is -2.00. The minimum absolute atomic E-state index is 0.0254. The molecule has 0 bridgehead atoms. The maximum absolute atomic E-state index is 13.9. The van der Waals surface area contributed by atoms with Crippen LogP contribution in [0.1, 0.15) is 21.5 Å². The van der Waals surface area contributed by atoms with E-state index in [0.29, 0.717) is 10.6 Å². The molecule has 0 amide bonds. The van der Waals surface area contributed by atoms with Gasteiger partial charge in [-0.1, -0.05) is 12.1 Å². The highest BCUT2D eigenvalue weighted by atomic mass is 32.2. The Kier molecular flexibility index (Phi) is 4.33. The van der Waals surface area contributed by atoms with Crippen molar-refractivity contribution in [3.63, 3.8) is 0 Å². The summed E-state index contributed by atoms with van der Waals surface area (Å²) in [6.45, 7) is 0. The number of halogens is 1. The molecule has 0 aliphatic heterocycles. The van der Waals surface area contributed by atoms with Crippen LogP contribution in [-0.2, 0) is 5.75 Å². The first-order chi connectivity index (χ1) is 9.63. The van der Waals surface area contributed by atoms with Gasteiger partial charge in [-0.15, -0.1) is 11.8 Å². The number of pyridine rings is 1. The van der Waals surface area contributed by atoms with Gasteiger partial charge in [0.2, 0.25) is 0 Å². The summed E-state index contributed by atoms with van der Waals surface area (Å²) >= 11 is 1.12. The second-order valence-corrected chi connectivity index (χ2v) is 4.80. The molecule has 1 aromatic heterocycles. The monoisotopic (exact) mass is 288 g/mol. The van der Waals surface area contributed by atoms with Gasteiger partial charge in [0, 0.05) is 11.9 Å². The summed E-state index contributed by atoms with van der Waals surface area (Å²) in [5.74, 6) is -1.44. The van der Waals surface area contributed by atoms with Crippen molar-refractivity contribution in [3.05, 3.63) is 59.0 Å². The van der Waals surface area contributed by atoms with Gasteiger partial charge in [0.25, 0.3) is 0 Å². The van der Waals surface area contributed by atoms with E-state index in [1.54, 1.807) is 18.2 Å². The molecule has 6 heteroatoms. The van der Waals surface area contributed by atoms with Gasteiger partial charge in [-0.05, 0) is 23.8 Å². The number of benzene rings is 1. The molecule has 1 N–H and O–H groups in total. The molecule has 20 heavy (non-hydrogen) atoms. The number of nitrogens with zero attached hydrogens (tertiary/aromatic N) is 2. The molecule has 2 aromatic rings. The van der Waals surface area contributed by atoms with Crippen LogP contribution in [0, 0.1) is 17.1 Å². The molecule has 1 aromatic carbocycles. The van der Waals surface area contributed by atoms with Gasteiger partial charge >= 0.3 is 5.97 Å². The Labute approximate surface area is 118 Å². The van der Waals surface area contributed by atoms with Crippen LogP contribution in [-0.4, -0.2) is 16.1 Å². The molecule has 0 spiro atoms. The number of hydrogen-bond donors (Lipinski definition) is 1. The summed E-state index contributed by atoms with van der Waals surface area (Å²) in [6, 6.07) is 9.29. The van der Waals surface area contributed by atoms with Gasteiger partial charge in [-0.25, -0.2) is 14.2 Å². The van der Waals surface area contributed by atoms with Crippen molar-refractivity contribution in [1.29, 1.82) is 5.26 Å². The van der Waals surface area contributed by atoms with E-state index in [9.17, 15) is 9.18 Å². The molecule has 4 nitrogen and oxygen atoms in total. The Morgan fingerprint density at radius 3 is 2.90 bits per heavy atom. The van der Waals surface area contributed by atoms with Crippen molar-refractivity contribution in [1.82, 2.24) is 4.98 Å². The molecule has 0 saturated carbocycles. The molecule has 0 atom stereocenters. The standard InChI is InChI=1S/C14H9FN2O2S/c15-12-9(7-16)3-1-4-10(12)8-20-13-11(14(18)19)5-2-6-17-13/h1-6H,8H2,(H,18,19). The third-order valence-corrected chi connectivity index (χ3v) is 3.62. The lowest BCUT2D eigenvalue weighted by atomic mass is 10.1. The maximum Gasteiger partial charge on any atom is 0.338 e. The van der Waals surface area contributed by atoms with Crippen LogP contribution in [0.25, 0.3) is 0 Å². The Morgan fingerprint density at radius 1 is 1.40 bits per heavy atom. The van der Waals surface area contributed by atoms with Crippen LogP contribution in [0.5, 0.6) is 0 Å². The molecule has 1 heterocycles. The smallest absolute Gasteiger partial charge is 0.338 e. The Balaban J connectivity index is 2.22. The number of nitriles is 1. The molecule has 100 valence electrons. The fraction of sp³-hybridized carbons (Fsp3) is 0.0714. The van der Waals surface area contributed by atoms with Crippen molar-refractivity contribution in [2.75, 3.05) is 0 Å². The second kappa shape index (κ2) is 6.17. The third-order valence-electron chi connectivity index (χ3n) is 2.57. The summed E-state index contributed by atoms with van der Waals surface area (Å²) in [4.78, 5) is 15.0. The predicted octanol–water partition coefficient (Wildman–Crippen LogP) is 3.08. The quantitative estimate of drug-likeness (QED) is 0.875. The fourth-order valence-electron chi connectivity index (χ4n) is 1.59. The van der Waals surface area contributed by atoms with Crippen LogP contribution in [0.2, 0.25) is 0 Å². The minimum atomic E-state index is -1.08. The van der Waals surface area contributed by atoms with Crippen LogP contribution in [0.15, 0.2) is 41.6 Å². The number of aromatic nitrogens is 1. The van der Waals surface area contributed by atoms with Crippen molar-refractivity contribution in [3.8, 4) is 6.07 Å². The zero-order chi connectivity index (χ0) is 14.5. The normalized spacial score (nSPS) is 10.0. The first-order valence-electron chi connectivity index (χ1n) is 5.62. The predicted molar refractivity (Wildman–Crippen MR) is 71.9 cm³/mol.